The molecule has 0 aliphatic carbocycles. The van der Waals surface area contributed by atoms with Gasteiger partial charge >= 0.3 is 11.7 Å². The highest BCUT2D eigenvalue weighted by Gasteiger charge is 2.53. The van der Waals surface area contributed by atoms with Crippen molar-refractivity contribution in [2.24, 2.45) is 0 Å². The number of carboxylic acids is 1. The molecule has 1 spiro atoms. The number of benzene rings is 2. The van der Waals surface area contributed by atoms with Crippen molar-refractivity contribution in [3.05, 3.63) is 65.1 Å². The van der Waals surface area contributed by atoms with E-state index in [2.05, 4.69) is 26.9 Å². The average molecular weight is 520 g/mol. The Balaban J connectivity index is 1.20. The quantitative estimate of drug-likeness (QED) is 0.376. The number of carboxylic acid groups (broad SMARTS) is 1. The van der Waals surface area contributed by atoms with Gasteiger partial charge in [0.15, 0.2) is 0 Å². The topological polar surface area (TPSA) is 102 Å². The maximum absolute atomic E-state index is 13.8. The number of unbranched alkanes of at least 4 members (excludes halogenated alkanes) is 2. The molecule has 202 valence electrons. The minimum absolute atomic E-state index is 0.0677. The first-order valence-corrected chi connectivity index (χ1v) is 13.7. The molecule has 2 aliphatic rings. The molecule has 0 unspecified atom stereocenters. The third-order valence-corrected chi connectivity index (χ3v) is 8.12. The predicted molar refractivity (Wildman–Crippen MR) is 147 cm³/mol. The Morgan fingerprint density at radius 3 is 2.37 bits per heavy atom. The number of amides is 1. The second kappa shape index (κ2) is 11.4. The number of likely N-dealkylation sites (tertiary alicyclic amines) is 1. The number of aromatic nitrogens is 2. The fourth-order valence-electron chi connectivity index (χ4n) is 6.06. The zero-order valence-electron chi connectivity index (χ0n) is 21.8. The fraction of sp³-hybridized carbons (Fsp3) is 0.483. The van der Waals surface area contributed by atoms with Crippen LogP contribution in [-0.4, -0.2) is 74.7 Å². The number of H-pyrrole nitrogens is 1. The third kappa shape index (κ3) is 5.34. The third-order valence-electron chi connectivity index (χ3n) is 8.12. The lowest BCUT2D eigenvalue weighted by Gasteiger charge is -2.43. The smallest absolute Gasteiger partial charge is 0.326 e. The summed E-state index contributed by atoms with van der Waals surface area (Å²) in [7, 11) is 0. The zero-order valence-corrected chi connectivity index (χ0v) is 21.8. The molecule has 2 N–H and O–H groups in total. The first-order chi connectivity index (χ1) is 18.5. The molecule has 9 nitrogen and oxygen atoms in total. The number of carbonyl (C=O) groups is 2. The minimum Gasteiger partial charge on any atom is -0.481 e. The van der Waals surface area contributed by atoms with Gasteiger partial charge < -0.3 is 24.8 Å². The van der Waals surface area contributed by atoms with Crippen LogP contribution in [0.4, 0.5) is 5.69 Å². The molecule has 0 atom stereocenters. The van der Waals surface area contributed by atoms with Crippen LogP contribution in [0.2, 0.25) is 0 Å². The summed E-state index contributed by atoms with van der Waals surface area (Å²) in [5, 5.41) is 8.88. The van der Waals surface area contributed by atoms with E-state index >= 15 is 0 Å². The van der Waals surface area contributed by atoms with E-state index < -0.39 is 11.5 Å². The maximum Gasteiger partial charge on any atom is 0.326 e. The summed E-state index contributed by atoms with van der Waals surface area (Å²) in [6.07, 6.45) is 4.85. The standard InChI is InChI=1S/C29H37N5O4/c35-26(36)14-5-2-8-18-32-22-34(23-10-3-1-4-11-23)29(27(32)37)15-20-31(21-16-29)17-9-19-33-25-13-7-6-12-24(25)30-28(33)38/h1,3-4,6-7,10-13H,2,5,8-9,14-22H2,(H,30,38)(H,35,36). The van der Waals surface area contributed by atoms with E-state index in [9.17, 15) is 14.4 Å². The van der Waals surface area contributed by atoms with Gasteiger partial charge in [-0.1, -0.05) is 36.8 Å². The first-order valence-electron chi connectivity index (χ1n) is 13.7. The fourth-order valence-corrected chi connectivity index (χ4v) is 6.06. The highest BCUT2D eigenvalue weighted by Crippen LogP contribution is 2.39. The largest absolute Gasteiger partial charge is 0.481 e. The van der Waals surface area contributed by atoms with Crippen molar-refractivity contribution in [3.63, 3.8) is 0 Å². The van der Waals surface area contributed by atoms with Crippen molar-refractivity contribution in [3.8, 4) is 0 Å². The Kier molecular flexibility index (Phi) is 7.83. The van der Waals surface area contributed by atoms with Crippen LogP contribution in [-0.2, 0) is 16.1 Å². The minimum atomic E-state index is -0.767. The monoisotopic (exact) mass is 519 g/mol. The lowest BCUT2D eigenvalue weighted by molar-refractivity contribution is -0.137. The number of aliphatic carboxylic acids is 1. The molecule has 5 rings (SSSR count). The molecule has 1 amide bonds. The zero-order chi connectivity index (χ0) is 26.5. The van der Waals surface area contributed by atoms with E-state index in [0.29, 0.717) is 26.2 Å². The van der Waals surface area contributed by atoms with Crippen molar-refractivity contribution < 1.29 is 14.7 Å². The molecule has 0 saturated carbocycles. The number of piperidine rings is 1. The van der Waals surface area contributed by atoms with Crippen LogP contribution in [0.25, 0.3) is 11.0 Å². The number of rotatable bonds is 11. The second-order valence-corrected chi connectivity index (χ2v) is 10.5. The van der Waals surface area contributed by atoms with E-state index in [1.165, 1.54) is 0 Å². The van der Waals surface area contributed by atoms with E-state index in [4.69, 9.17) is 5.11 Å². The van der Waals surface area contributed by atoms with Crippen molar-refractivity contribution in [2.45, 2.75) is 57.0 Å². The molecule has 1 aromatic heterocycles. The van der Waals surface area contributed by atoms with Gasteiger partial charge in [-0.2, -0.15) is 0 Å². The van der Waals surface area contributed by atoms with Gasteiger partial charge in [-0.05, 0) is 62.9 Å². The van der Waals surface area contributed by atoms with Crippen molar-refractivity contribution in [1.82, 2.24) is 19.4 Å². The van der Waals surface area contributed by atoms with Gasteiger partial charge in [-0.3, -0.25) is 14.2 Å². The number of aromatic amines is 1. The molecule has 2 fully saturated rings. The van der Waals surface area contributed by atoms with E-state index in [1.54, 1.807) is 0 Å². The Bertz CT molecular complexity index is 1310. The van der Waals surface area contributed by atoms with Gasteiger partial charge in [0.05, 0.1) is 17.7 Å². The number of nitrogens with one attached hydrogen (secondary N) is 1. The van der Waals surface area contributed by atoms with Crippen LogP contribution in [0.1, 0.15) is 44.9 Å². The Hall–Kier alpha value is -3.59. The van der Waals surface area contributed by atoms with Crippen LogP contribution in [0.3, 0.4) is 0 Å². The van der Waals surface area contributed by atoms with Gasteiger partial charge in [-0.15, -0.1) is 0 Å². The summed E-state index contributed by atoms with van der Waals surface area (Å²) in [6, 6.07) is 18.0. The number of imidazole rings is 1. The second-order valence-electron chi connectivity index (χ2n) is 10.5. The molecule has 3 aromatic rings. The normalized spacial score (nSPS) is 17.6. The van der Waals surface area contributed by atoms with Crippen molar-refractivity contribution >= 4 is 28.6 Å². The van der Waals surface area contributed by atoms with Gasteiger partial charge in [0.1, 0.15) is 5.54 Å². The molecule has 38 heavy (non-hydrogen) atoms. The van der Waals surface area contributed by atoms with Crippen LogP contribution in [0.15, 0.2) is 59.4 Å². The number of hydrogen-bond acceptors (Lipinski definition) is 5. The number of anilines is 1. The van der Waals surface area contributed by atoms with Crippen molar-refractivity contribution in [2.75, 3.05) is 37.7 Å². The van der Waals surface area contributed by atoms with E-state index in [-0.39, 0.29) is 18.0 Å². The lowest BCUT2D eigenvalue weighted by atomic mass is 9.85. The molecular formula is C29H37N5O4. The molecule has 2 aromatic carbocycles. The highest BCUT2D eigenvalue weighted by molar-refractivity contribution is 5.93. The Morgan fingerprint density at radius 2 is 1.61 bits per heavy atom. The number of carbonyl (C=O) groups excluding carboxylic acids is 1. The molecule has 0 radical (unpaired) electrons. The van der Waals surface area contributed by atoms with Crippen LogP contribution >= 0.6 is 0 Å². The van der Waals surface area contributed by atoms with E-state index in [1.807, 2.05) is 51.9 Å². The Morgan fingerprint density at radius 1 is 0.868 bits per heavy atom. The van der Waals surface area contributed by atoms with Gasteiger partial charge in [0.2, 0.25) is 5.91 Å². The predicted octanol–water partition coefficient (Wildman–Crippen LogP) is 3.51. The number of para-hydroxylation sites is 3. The molecule has 9 heteroatoms. The van der Waals surface area contributed by atoms with Crippen molar-refractivity contribution in [1.29, 1.82) is 0 Å². The Labute approximate surface area is 222 Å². The average Bonchev–Trinajstić information content (AvgIpc) is 3.38. The summed E-state index contributed by atoms with van der Waals surface area (Å²) < 4.78 is 1.81. The van der Waals surface area contributed by atoms with Crippen LogP contribution in [0.5, 0.6) is 0 Å². The first kappa shape index (κ1) is 26.0. The highest BCUT2D eigenvalue weighted by atomic mass is 16.4. The SMILES string of the molecule is O=C(O)CCCCCN1CN(c2ccccc2)C2(CCN(CCCn3c(=O)[nH]c4ccccc43)CC2)C1=O. The van der Waals surface area contributed by atoms with Gasteiger partial charge in [0.25, 0.3) is 0 Å². The summed E-state index contributed by atoms with van der Waals surface area (Å²) in [5.74, 6) is -0.568. The summed E-state index contributed by atoms with van der Waals surface area (Å²) in [5.41, 5.74) is 2.27. The molecule has 3 heterocycles. The maximum atomic E-state index is 13.8. The molecule has 2 saturated heterocycles. The van der Waals surface area contributed by atoms with Gasteiger partial charge in [-0.25, -0.2) is 4.79 Å². The van der Waals surface area contributed by atoms with Crippen LogP contribution < -0.4 is 10.6 Å². The van der Waals surface area contributed by atoms with Crippen LogP contribution in [0, 0.1) is 0 Å². The van der Waals surface area contributed by atoms with E-state index in [0.717, 1.165) is 68.5 Å². The summed E-state index contributed by atoms with van der Waals surface area (Å²) >= 11 is 0. The molecule has 2 aliphatic heterocycles. The van der Waals surface area contributed by atoms with Gasteiger partial charge in [0, 0.05) is 38.3 Å². The molecule has 0 bridgehead atoms. The number of hydrogen-bond donors (Lipinski definition) is 2. The number of nitrogens with zero attached hydrogens (tertiary/aromatic N) is 4. The molecular weight excluding hydrogens is 482 g/mol. The lowest BCUT2D eigenvalue weighted by Crippen LogP contribution is -2.56. The number of aryl methyl sites for hydroxylation is 1. The summed E-state index contributed by atoms with van der Waals surface area (Å²) in [4.78, 5) is 46.6. The summed E-state index contributed by atoms with van der Waals surface area (Å²) in [6.45, 7) is 4.45. The number of fused-ring (bicyclic) bond motifs is 1.